The Bertz CT molecular complexity index is 555. The quantitative estimate of drug-likeness (QED) is 0.789. The highest BCUT2D eigenvalue weighted by molar-refractivity contribution is 5.99. The van der Waals surface area contributed by atoms with Crippen LogP contribution in [-0.2, 0) is 4.79 Å². The van der Waals surface area contributed by atoms with Gasteiger partial charge in [-0.3, -0.25) is 14.6 Å². The van der Waals surface area contributed by atoms with Crippen LogP contribution in [0.2, 0.25) is 0 Å². The number of nitrogens with zero attached hydrogens (tertiary/aromatic N) is 1. The minimum atomic E-state index is -1.06. The monoisotopic (exact) mass is 289 g/mol. The lowest BCUT2D eigenvalue weighted by molar-refractivity contribution is -0.135. The maximum absolute atomic E-state index is 11.8. The van der Waals surface area contributed by atoms with Crippen LogP contribution in [0.5, 0.6) is 0 Å². The van der Waals surface area contributed by atoms with Crippen LogP contribution < -0.4 is 10.6 Å². The van der Waals surface area contributed by atoms with Crippen LogP contribution in [0.3, 0.4) is 0 Å². The molecule has 3 N–H and O–H groups in total. The minimum Gasteiger partial charge on any atom is -0.480 e. The smallest absolute Gasteiger partial charge is 0.322 e. The fourth-order valence-corrected chi connectivity index (χ4v) is 2.14. The highest BCUT2D eigenvalue weighted by atomic mass is 16.4. The van der Waals surface area contributed by atoms with Crippen molar-refractivity contribution in [3.63, 3.8) is 0 Å². The second-order valence-corrected chi connectivity index (χ2v) is 4.92. The summed E-state index contributed by atoms with van der Waals surface area (Å²) in [6, 6.07) is 6.97. The number of hydrogen-bond donors (Lipinski definition) is 3. The third kappa shape index (κ3) is 4.91. The molecule has 0 saturated heterocycles. The number of amides is 1. The minimum absolute atomic E-state index is 0.386. The number of aliphatic imine (C=N–C) groups is 1. The van der Waals surface area contributed by atoms with E-state index < -0.39 is 11.9 Å². The van der Waals surface area contributed by atoms with Crippen LogP contribution in [0.15, 0.2) is 29.3 Å². The molecule has 0 aromatic heterocycles. The molecule has 1 heterocycles. The number of anilines is 1. The van der Waals surface area contributed by atoms with Crippen molar-refractivity contribution in [2.75, 3.05) is 18.4 Å². The number of hydrogen-bond acceptors (Lipinski definition) is 4. The van der Waals surface area contributed by atoms with E-state index in [0.29, 0.717) is 5.56 Å². The van der Waals surface area contributed by atoms with E-state index in [-0.39, 0.29) is 6.54 Å². The first-order valence-electron chi connectivity index (χ1n) is 7.05. The molecule has 0 unspecified atom stereocenters. The zero-order valence-electron chi connectivity index (χ0n) is 11.8. The van der Waals surface area contributed by atoms with E-state index in [1.165, 1.54) is 6.42 Å². The highest BCUT2D eigenvalue weighted by Gasteiger charge is 2.09. The summed E-state index contributed by atoms with van der Waals surface area (Å²) in [7, 11) is 0. The summed E-state index contributed by atoms with van der Waals surface area (Å²) in [5.41, 5.74) is 1.22. The Kier molecular flexibility index (Phi) is 5.31. The molecule has 0 saturated carbocycles. The predicted molar refractivity (Wildman–Crippen MR) is 80.8 cm³/mol. The SMILES string of the molecule is O=C(O)CNC(=O)c1cccc(NC2=NCCCCC2)c1. The predicted octanol–water partition coefficient (Wildman–Crippen LogP) is 1.89. The molecule has 0 fully saturated rings. The van der Waals surface area contributed by atoms with Gasteiger partial charge in [0.05, 0.1) is 0 Å². The Morgan fingerprint density at radius 1 is 1.24 bits per heavy atom. The third-order valence-electron chi connectivity index (χ3n) is 3.19. The van der Waals surface area contributed by atoms with Gasteiger partial charge in [-0.05, 0) is 31.0 Å². The van der Waals surface area contributed by atoms with E-state index >= 15 is 0 Å². The number of aliphatic carboxylic acids is 1. The standard InChI is InChI=1S/C15H19N3O3/c19-14(20)10-17-15(21)11-5-4-6-12(9-11)18-13-7-2-1-3-8-16-13/h4-6,9H,1-3,7-8,10H2,(H,16,18)(H,17,21)(H,19,20). The van der Waals surface area contributed by atoms with Gasteiger partial charge in [0, 0.05) is 24.2 Å². The van der Waals surface area contributed by atoms with Crippen molar-refractivity contribution in [2.24, 2.45) is 4.99 Å². The number of carbonyl (C=O) groups is 2. The summed E-state index contributed by atoms with van der Waals surface area (Å²) in [5.74, 6) is -0.523. The van der Waals surface area contributed by atoms with Gasteiger partial charge in [-0.25, -0.2) is 0 Å². The third-order valence-corrected chi connectivity index (χ3v) is 3.19. The van der Waals surface area contributed by atoms with Crippen molar-refractivity contribution in [3.8, 4) is 0 Å². The summed E-state index contributed by atoms with van der Waals surface area (Å²) < 4.78 is 0. The molecule has 0 bridgehead atoms. The zero-order valence-corrected chi connectivity index (χ0v) is 11.8. The second kappa shape index (κ2) is 7.42. The molecule has 1 aromatic rings. The summed E-state index contributed by atoms with van der Waals surface area (Å²) in [5, 5.41) is 14.1. The van der Waals surface area contributed by atoms with Gasteiger partial charge in [-0.1, -0.05) is 12.5 Å². The molecule has 1 aliphatic heterocycles. The second-order valence-electron chi connectivity index (χ2n) is 4.92. The van der Waals surface area contributed by atoms with Crippen LogP contribution in [0, 0.1) is 0 Å². The van der Waals surface area contributed by atoms with Gasteiger partial charge in [0.1, 0.15) is 12.4 Å². The van der Waals surface area contributed by atoms with Gasteiger partial charge in [0.15, 0.2) is 0 Å². The highest BCUT2D eigenvalue weighted by Crippen LogP contribution is 2.14. The molecule has 2 rings (SSSR count). The number of carbonyl (C=O) groups excluding carboxylic acids is 1. The zero-order chi connectivity index (χ0) is 15.1. The van der Waals surface area contributed by atoms with E-state index in [4.69, 9.17) is 5.11 Å². The van der Waals surface area contributed by atoms with Crippen molar-refractivity contribution in [1.29, 1.82) is 0 Å². The molecule has 112 valence electrons. The summed E-state index contributed by atoms with van der Waals surface area (Å²) in [6.45, 7) is 0.449. The van der Waals surface area contributed by atoms with Crippen molar-refractivity contribution in [1.82, 2.24) is 5.32 Å². The van der Waals surface area contributed by atoms with Crippen molar-refractivity contribution in [2.45, 2.75) is 25.7 Å². The largest absolute Gasteiger partial charge is 0.480 e. The molecular formula is C15H19N3O3. The molecule has 1 aromatic carbocycles. The Morgan fingerprint density at radius 3 is 2.90 bits per heavy atom. The van der Waals surface area contributed by atoms with Gasteiger partial charge in [0.25, 0.3) is 5.91 Å². The molecule has 6 nitrogen and oxygen atoms in total. The number of carboxylic acid groups (broad SMARTS) is 1. The molecule has 0 radical (unpaired) electrons. The molecule has 1 aliphatic rings. The lowest BCUT2D eigenvalue weighted by Crippen LogP contribution is -2.29. The van der Waals surface area contributed by atoms with Crippen LogP contribution in [0.1, 0.15) is 36.0 Å². The van der Waals surface area contributed by atoms with Gasteiger partial charge < -0.3 is 15.7 Å². The maximum Gasteiger partial charge on any atom is 0.322 e. The number of amidine groups is 1. The summed E-state index contributed by atoms with van der Waals surface area (Å²) >= 11 is 0. The lowest BCUT2D eigenvalue weighted by Gasteiger charge is -2.10. The van der Waals surface area contributed by atoms with Crippen molar-refractivity contribution >= 4 is 23.4 Å². The van der Waals surface area contributed by atoms with Crippen LogP contribution in [0.25, 0.3) is 0 Å². The van der Waals surface area contributed by atoms with Gasteiger partial charge in [0.2, 0.25) is 0 Å². The maximum atomic E-state index is 11.8. The molecule has 21 heavy (non-hydrogen) atoms. The van der Waals surface area contributed by atoms with E-state index in [1.54, 1.807) is 18.2 Å². The number of nitrogens with one attached hydrogen (secondary N) is 2. The fourth-order valence-electron chi connectivity index (χ4n) is 2.14. The first-order valence-corrected chi connectivity index (χ1v) is 7.05. The van der Waals surface area contributed by atoms with E-state index in [1.807, 2.05) is 6.07 Å². The van der Waals surface area contributed by atoms with Gasteiger partial charge in [-0.2, -0.15) is 0 Å². The van der Waals surface area contributed by atoms with Crippen LogP contribution in [0.4, 0.5) is 5.69 Å². The first-order chi connectivity index (χ1) is 10.1. The molecule has 0 aliphatic carbocycles. The number of benzene rings is 1. The topological polar surface area (TPSA) is 90.8 Å². The molecule has 0 spiro atoms. The Morgan fingerprint density at radius 2 is 2.10 bits per heavy atom. The van der Waals surface area contributed by atoms with E-state index in [0.717, 1.165) is 37.3 Å². The Hall–Kier alpha value is -2.37. The van der Waals surface area contributed by atoms with Crippen molar-refractivity contribution in [3.05, 3.63) is 29.8 Å². The molecule has 0 atom stereocenters. The van der Waals surface area contributed by atoms with Gasteiger partial charge in [-0.15, -0.1) is 0 Å². The fraction of sp³-hybridized carbons (Fsp3) is 0.400. The van der Waals surface area contributed by atoms with E-state index in [2.05, 4.69) is 15.6 Å². The normalized spacial score (nSPS) is 14.8. The Balaban J connectivity index is 2.01. The number of carboxylic acids is 1. The van der Waals surface area contributed by atoms with Crippen LogP contribution in [-0.4, -0.2) is 35.9 Å². The first kappa shape index (κ1) is 15.0. The summed E-state index contributed by atoms with van der Waals surface area (Å²) in [6.07, 6.45) is 4.33. The van der Waals surface area contributed by atoms with Gasteiger partial charge >= 0.3 is 5.97 Å². The molecular weight excluding hydrogens is 270 g/mol. The molecule has 1 amide bonds. The van der Waals surface area contributed by atoms with Crippen LogP contribution >= 0.6 is 0 Å². The van der Waals surface area contributed by atoms with E-state index in [9.17, 15) is 9.59 Å². The van der Waals surface area contributed by atoms with Crippen molar-refractivity contribution < 1.29 is 14.7 Å². The molecule has 6 heteroatoms. The summed E-state index contributed by atoms with van der Waals surface area (Å²) in [4.78, 5) is 26.8. The average molecular weight is 289 g/mol. The lowest BCUT2D eigenvalue weighted by atomic mass is 10.1. The Labute approximate surface area is 123 Å². The number of rotatable bonds is 4. The average Bonchev–Trinajstić information content (AvgIpc) is 2.73.